The van der Waals surface area contributed by atoms with E-state index in [1.54, 1.807) is 4.90 Å². The Balaban J connectivity index is 1.73. The highest BCUT2D eigenvalue weighted by Gasteiger charge is 2.38. The fraction of sp³-hybridized carbons (Fsp3) is 0.389. The van der Waals surface area contributed by atoms with Crippen molar-refractivity contribution in [1.82, 2.24) is 15.2 Å². The zero-order valence-corrected chi connectivity index (χ0v) is 13.9. The van der Waals surface area contributed by atoms with Gasteiger partial charge in [0.15, 0.2) is 0 Å². The minimum absolute atomic E-state index is 0.0237. The number of nitrogens with zero attached hydrogens (tertiary/aromatic N) is 3. The largest absolute Gasteiger partial charge is 0.367 e. The van der Waals surface area contributed by atoms with Gasteiger partial charge in [-0.3, -0.25) is 14.6 Å². The van der Waals surface area contributed by atoms with Gasteiger partial charge in [-0.2, -0.15) is 0 Å². The second-order valence-electron chi connectivity index (χ2n) is 6.50. The van der Waals surface area contributed by atoms with Crippen LogP contribution in [-0.2, 0) is 9.59 Å². The fourth-order valence-corrected chi connectivity index (χ4v) is 3.73. The third kappa shape index (κ3) is 2.21. The Morgan fingerprint density at radius 2 is 1.96 bits per heavy atom. The number of carbonyl (C=O) groups is 2. The molecule has 1 N–H and O–H groups in total. The summed E-state index contributed by atoms with van der Waals surface area (Å²) in [6.07, 6.45) is 0. The van der Waals surface area contributed by atoms with E-state index < -0.39 is 11.8 Å². The predicted octanol–water partition coefficient (Wildman–Crippen LogP) is 0.999. The Bertz CT molecular complexity index is 848. The van der Waals surface area contributed by atoms with Gasteiger partial charge in [0.1, 0.15) is 0 Å². The molecule has 3 heterocycles. The van der Waals surface area contributed by atoms with E-state index in [0.29, 0.717) is 13.1 Å². The standard InChI is InChI=1S/C18H20N4O2/c1-11-12(2)20-15-6-4-3-5-14(15)16(11)21-7-8-22-13(10-21)9-19-17(23)18(22)24/h3-6,13H,7-10H2,1-2H3,(H,19,23)/t13-/m0/s1. The molecule has 0 spiro atoms. The lowest BCUT2D eigenvalue weighted by Crippen LogP contribution is -2.65. The van der Waals surface area contributed by atoms with Crippen molar-refractivity contribution >= 4 is 28.4 Å². The number of para-hydroxylation sites is 1. The number of benzene rings is 1. The normalized spacial score (nSPS) is 21.0. The molecule has 4 rings (SSSR count). The Morgan fingerprint density at radius 1 is 1.17 bits per heavy atom. The minimum atomic E-state index is -0.485. The Labute approximate surface area is 140 Å². The lowest BCUT2D eigenvalue weighted by molar-refractivity contribution is -0.150. The van der Waals surface area contributed by atoms with Gasteiger partial charge >= 0.3 is 11.8 Å². The Morgan fingerprint density at radius 3 is 2.79 bits per heavy atom. The molecule has 0 bridgehead atoms. The maximum absolute atomic E-state index is 12.0. The number of aromatic nitrogens is 1. The van der Waals surface area contributed by atoms with Gasteiger partial charge in [0.05, 0.1) is 17.2 Å². The predicted molar refractivity (Wildman–Crippen MR) is 91.9 cm³/mol. The van der Waals surface area contributed by atoms with Gasteiger partial charge in [-0.1, -0.05) is 18.2 Å². The molecule has 2 aliphatic heterocycles. The second kappa shape index (κ2) is 5.47. The summed E-state index contributed by atoms with van der Waals surface area (Å²) in [7, 11) is 0. The summed E-state index contributed by atoms with van der Waals surface area (Å²) in [4.78, 5) is 32.3. The topological polar surface area (TPSA) is 65.5 Å². The van der Waals surface area contributed by atoms with Crippen molar-refractivity contribution in [2.24, 2.45) is 0 Å². The van der Waals surface area contributed by atoms with Gasteiger partial charge in [-0.15, -0.1) is 0 Å². The highest BCUT2D eigenvalue weighted by Crippen LogP contribution is 2.32. The molecule has 1 aromatic carbocycles. The molecule has 6 nitrogen and oxygen atoms in total. The first-order chi connectivity index (χ1) is 11.6. The summed E-state index contributed by atoms with van der Waals surface area (Å²) < 4.78 is 0. The van der Waals surface area contributed by atoms with E-state index in [1.807, 2.05) is 25.1 Å². The molecule has 0 aliphatic carbocycles. The van der Waals surface area contributed by atoms with Crippen molar-refractivity contribution in [2.45, 2.75) is 19.9 Å². The smallest absolute Gasteiger partial charge is 0.312 e. The highest BCUT2D eigenvalue weighted by atomic mass is 16.2. The monoisotopic (exact) mass is 324 g/mol. The van der Waals surface area contributed by atoms with E-state index >= 15 is 0 Å². The molecule has 0 unspecified atom stereocenters. The molecule has 0 saturated carbocycles. The van der Waals surface area contributed by atoms with E-state index in [-0.39, 0.29) is 6.04 Å². The van der Waals surface area contributed by atoms with Gasteiger partial charge in [0.2, 0.25) is 0 Å². The second-order valence-corrected chi connectivity index (χ2v) is 6.50. The molecule has 1 atom stereocenters. The quantitative estimate of drug-likeness (QED) is 0.795. The number of anilines is 1. The summed E-state index contributed by atoms with van der Waals surface area (Å²) in [5, 5.41) is 3.84. The zero-order valence-electron chi connectivity index (χ0n) is 13.9. The van der Waals surface area contributed by atoms with Crippen molar-refractivity contribution in [1.29, 1.82) is 0 Å². The van der Waals surface area contributed by atoms with Crippen LogP contribution < -0.4 is 10.2 Å². The van der Waals surface area contributed by atoms with Crippen molar-refractivity contribution in [3.8, 4) is 0 Å². The van der Waals surface area contributed by atoms with Crippen LogP contribution in [0.25, 0.3) is 10.9 Å². The average molecular weight is 324 g/mol. The van der Waals surface area contributed by atoms with Gasteiger partial charge < -0.3 is 15.1 Å². The van der Waals surface area contributed by atoms with Crippen LogP contribution in [0.1, 0.15) is 11.3 Å². The van der Waals surface area contributed by atoms with Crippen LogP contribution in [-0.4, -0.2) is 53.9 Å². The third-order valence-electron chi connectivity index (χ3n) is 5.10. The third-order valence-corrected chi connectivity index (χ3v) is 5.10. The van der Waals surface area contributed by atoms with Crippen LogP contribution in [0, 0.1) is 13.8 Å². The van der Waals surface area contributed by atoms with Crippen molar-refractivity contribution in [2.75, 3.05) is 31.1 Å². The number of amides is 2. The summed E-state index contributed by atoms with van der Waals surface area (Å²) in [5.41, 5.74) is 4.39. The first-order valence-corrected chi connectivity index (χ1v) is 8.26. The molecule has 124 valence electrons. The summed E-state index contributed by atoms with van der Waals surface area (Å²) in [5.74, 6) is -0.889. The first-order valence-electron chi connectivity index (χ1n) is 8.26. The highest BCUT2D eigenvalue weighted by molar-refractivity contribution is 6.35. The van der Waals surface area contributed by atoms with E-state index in [1.165, 1.54) is 11.3 Å². The van der Waals surface area contributed by atoms with Crippen LogP contribution in [0.4, 0.5) is 5.69 Å². The van der Waals surface area contributed by atoms with Gasteiger partial charge in [-0.25, -0.2) is 0 Å². The van der Waals surface area contributed by atoms with Crippen molar-refractivity contribution in [3.05, 3.63) is 35.5 Å². The van der Waals surface area contributed by atoms with E-state index in [0.717, 1.165) is 29.7 Å². The van der Waals surface area contributed by atoms with Crippen LogP contribution in [0.15, 0.2) is 24.3 Å². The van der Waals surface area contributed by atoms with Crippen molar-refractivity contribution in [3.63, 3.8) is 0 Å². The number of aryl methyl sites for hydroxylation is 1. The molecule has 2 aromatic rings. The molecular formula is C18H20N4O2. The average Bonchev–Trinajstić information content (AvgIpc) is 2.59. The van der Waals surface area contributed by atoms with E-state index in [2.05, 4.69) is 28.2 Å². The Hall–Kier alpha value is -2.63. The first kappa shape index (κ1) is 14.9. The van der Waals surface area contributed by atoms with Gasteiger partial charge in [0, 0.05) is 37.3 Å². The number of fused-ring (bicyclic) bond motifs is 2. The number of nitrogens with one attached hydrogen (secondary N) is 1. The molecule has 2 fully saturated rings. The molecule has 2 amide bonds. The van der Waals surface area contributed by atoms with Crippen LogP contribution >= 0.6 is 0 Å². The van der Waals surface area contributed by atoms with E-state index in [9.17, 15) is 9.59 Å². The summed E-state index contributed by atoms with van der Waals surface area (Å²) in [6.45, 7) is 6.68. The van der Waals surface area contributed by atoms with Crippen LogP contribution in [0.3, 0.4) is 0 Å². The lowest BCUT2D eigenvalue weighted by atomic mass is 10.0. The molecule has 1 aromatic heterocycles. The van der Waals surface area contributed by atoms with Crippen molar-refractivity contribution < 1.29 is 9.59 Å². The SMILES string of the molecule is Cc1nc2ccccc2c(N2CCN3C(=O)C(=O)NC[C@H]3C2)c1C. The van der Waals surface area contributed by atoms with Crippen LogP contribution in [0.5, 0.6) is 0 Å². The van der Waals surface area contributed by atoms with Gasteiger partial charge in [-0.05, 0) is 25.5 Å². The zero-order chi connectivity index (χ0) is 16.8. The maximum atomic E-state index is 12.0. The number of hydrogen-bond donors (Lipinski definition) is 1. The number of piperazine rings is 2. The molecule has 6 heteroatoms. The van der Waals surface area contributed by atoms with Crippen LogP contribution in [0.2, 0.25) is 0 Å². The Kier molecular flexibility index (Phi) is 3.40. The minimum Gasteiger partial charge on any atom is -0.367 e. The summed E-state index contributed by atoms with van der Waals surface area (Å²) >= 11 is 0. The number of hydrogen-bond acceptors (Lipinski definition) is 4. The number of rotatable bonds is 1. The number of pyridine rings is 1. The lowest BCUT2D eigenvalue weighted by Gasteiger charge is -2.44. The molecule has 24 heavy (non-hydrogen) atoms. The molecule has 0 radical (unpaired) electrons. The van der Waals surface area contributed by atoms with Gasteiger partial charge in [0.25, 0.3) is 0 Å². The fourth-order valence-electron chi connectivity index (χ4n) is 3.73. The van der Waals surface area contributed by atoms with E-state index in [4.69, 9.17) is 0 Å². The maximum Gasteiger partial charge on any atom is 0.312 e. The number of carbonyl (C=O) groups excluding carboxylic acids is 2. The summed E-state index contributed by atoms with van der Waals surface area (Å²) in [6, 6.07) is 8.19. The molecule has 2 aliphatic rings. The molecule has 2 saturated heterocycles. The molecular weight excluding hydrogens is 304 g/mol.